The van der Waals surface area contributed by atoms with Crippen molar-refractivity contribution in [3.8, 4) is 0 Å². The molecule has 108 valence electrons. The van der Waals surface area contributed by atoms with E-state index in [4.69, 9.17) is 14.9 Å². The van der Waals surface area contributed by atoms with Gasteiger partial charge in [0.15, 0.2) is 0 Å². The number of hydrogen-bond donors (Lipinski definition) is 2. The summed E-state index contributed by atoms with van der Waals surface area (Å²) in [6.07, 6.45) is -0.0542. The Bertz CT molecular complexity index is 349. The second-order valence-corrected chi connectivity index (χ2v) is 3.80. The molecule has 0 amide bonds. The molecule has 1 unspecified atom stereocenters. The Balaban J connectivity index is 3.69. The number of aliphatic carboxylic acids is 2. The van der Waals surface area contributed by atoms with Crippen LogP contribution in [0, 0.1) is 0 Å². The van der Waals surface area contributed by atoms with Crippen molar-refractivity contribution < 1.29 is 38.9 Å². The Kier molecular flexibility index (Phi) is 7.90. The normalized spacial score (nSPS) is 11.4. The lowest BCUT2D eigenvalue weighted by atomic mass is 10.2. The van der Waals surface area contributed by atoms with E-state index in [1.165, 1.54) is 6.92 Å². The fraction of sp³-hybridized carbons (Fsp3) is 0.636. The van der Waals surface area contributed by atoms with Gasteiger partial charge in [0.1, 0.15) is 12.7 Å². The van der Waals surface area contributed by atoms with E-state index >= 15 is 0 Å². The van der Waals surface area contributed by atoms with Crippen LogP contribution in [0.5, 0.6) is 0 Å². The van der Waals surface area contributed by atoms with Crippen LogP contribution in [0.1, 0.15) is 32.6 Å². The molecule has 0 aromatic rings. The van der Waals surface area contributed by atoms with Crippen molar-refractivity contribution in [2.75, 3.05) is 6.61 Å². The molecule has 0 aromatic carbocycles. The first-order chi connectivity index (χ1) is 8.82. The van der Waals surface area contributed by atoms with Crippen LogP contribution in [0.25, 0.3) is 0 Å². The minimum absolute atomic E-state index is 0.0140. The number of carbonyl (C=O) groups excluding carboxylic acids is 2. The summed E-state index contributed by atoms with van der Waals surface area (Å²) in [6, 6.07) is 0. The number of rotatable bonds is 8. The molecule has 0 saturated heterocycles. The van der Waals surface area contributed by atoms with Gasteiger partial charge in [-0.1, -0.05) is 0 Å². The lowest BCUT2D eigenvalue weighted by Gasteiger charge is -2.11. The standard InChI is InChI=1S/C11H16O8/c1-7(19-11(17)10(15)16)6-18-9(14)5-3-2-4-8(12)13/h7H,2-6H2,1H3,(H,12,13)(H,15,16). The van der Waals surface area contributed by atoms with Crippen LogP contribution >= 0.6 is 0 Å². The van der Waals surface area contributed by atoms with Crippen LogP contribution in [0.4, 0.5) is 0 Å². The number of hydrogen-bond acceptors (Lipinski definition) is 6. The first-order valence-corrected chi connectivity index (χ1v) is 5.64. The van der Waals surface area contributed by atoms with Gasteiger partial charge in [0.25, 0.3) is 0 Å². The highest BCUT2D eigenvalue weighted by Gasteiger charge is 2.17. The molecule has 19 heavy (non-hydrogen) atoms. The smallest absolute Gasteiger partial charge is 0.417 e. The van der Waals surface area contributed by atoms with Crippen LogP contribution in [-0.4, -0.2) is 46.8 Å². The maximum atomic E-state index is 11.2. The van der Waals surface area contributed by atoms with Crippen molar-refractivity contribution in [3.63, 3.8) is 0 Å². The van der Waals surface area contributed by atoms with Crippen LogP contribution in [-0.2, 0) is 28.7 Å². The largest absolute Gasteiger partial charge is 0.481 e. The van der Waals surface area contributed by atoms with Crippen LogP contribution in [0.15, 0.2) is 0 Å². The molecule has 1 atom stereocenters. The highest BCUT2D eigenvalue weighted by atomic mass is 16.6. The molecular formula is C11H16O8. The predicted molar refractivity (Wildman–Crippen MR) is 60.3 cm³/mol. The third-order valence-electron chi connectivity index (χ3n) is 1.98. The van der Waals surface area contributed by atoms with Gasteiger partial charge >= 0.3 is 23.9 Å². The molecule has 0 aliphatic heterocycles. The van der Waals surface area contributed by atoms with Crippen LogP contribution in [0.3, 0.4) is 0 Å². The summed E-state index contributed by atoms with van der Waals surface area (Å²) in [4.78, 5) is 42.2. The zero-order valence-electron chi connectivity index (χ0n) is 10.5. The summed E-state index contributed by atoms with van der Waals surface area (Å²) in [5.74, 6) is -4.61. The summed E-state index contributed by atoms with van der Waals surface area (Å²) < 4.78 is 9.16. The van der Waals surface area contributed by atoms with Gasteiger partial charge in [0.05, 0.1) is 0 Å². The molecule has 0 fully saturated rings. The molecular weight excluding hydrogens is 260 g/mol. The third-order valence-corrected chi connectivity index (χ3v) is 1.98. The van der Waals surface area contributed by atoms with Crippen molar-refractivity contribution in [1.29, 1.82) is 0 Å². The molecule has 0 rings (SSSR count). The Morgan fingerprint density at radius 1 is 1.05 bits per heavy atom. The molecule has 0 spiro atoms. The van der Waals surface area contributed by atoms with Gasteiger partial charge in [-0.15, -0.1) is 0 Å². The quantitative estimate of drug-likeness (QED) is 0.365. The van der Waals surface area contributed by atoms with Gasteiger partial charge in [-0.3, -0.25) is 9.59 Å². The SMILES string of the molecule is CC(COC(=O)CCCCC(=O)O)OC(=O)C(=O)O. The molecule has 8 heteroatoms. The van der Waals surface area contributed by atoms with Crippen molar-refractivity contribution in [2.24, 2.45) is 0 Å². The Hall–Kier alpha value is -2.12. The van der Waals surface area contributed by atoms with E-state index in [-0.39, 0.29) is 19.4 Å². The number of carbonyl (C=O) groups is 4. The van der Waals surface area contributed by atoms with Crippen molar-refractivity contribution >= 4 is 23.9 Å². The maximum Gasteiger partial charge on any atom is 0.417 e. The van der Waals surface area contributed by atoms with E-state index in [9.17, 15) is 19.2 Å². The summed E-state index contributed by atoms with van der Waals surface area (Å²) >= 11 is 0. The summed E-state index contributed by atoms with van der Waals surface area (Å²) in [5, 5.41) is 16.6. The Morgan fingerprint density at radius 3 is 2.16 bits per heavy atom. The zero-order chi connectivity index (χ0) is 14.8. The van der Waals surface area contributed by atoms with E-state index in [0.29, 0.717) is 12.8 Å². The monoisotopic (exact) mass is 276 g/mol. The fourth-order valence-electron chi connectivity index (χ4n) is 1.10. The maximum absolute atomic E-state index is 11.2. The van der Waals surface area contributed by atoms with Crippen LogP contribution < -0.4 is 0 Å². The van der Waals surface area contributed by atoms with E-state index < -0.39 is 30.0 Å². The molecule has 0 bridgehead atoms. The van der Waals surface area contributed by atoms with Gasteiger partial charge in [0.2, 0.25) is 0 Å². The van der Waals surface area contributed by atoms with E-state index in [1.54, 1.807) is 0 Å². The second-order valence-electron chi connectivity index (χ2n) is 3.80. The lowest BCUT2D eigenvalue weighted by molar-refractivity contribution is -0.170. The molecule has 2 N–H and O–H groups in total. The zero-order valence-corrected chi connectivity index (χ0v) is 10.5. The van der Waals surface area contributed by atoms with E-state index in [0.717, 1.165) is 0 Å². The van der Waals surface area contributed by atoms with Crippen molar-refractivity contribution in [2.45, 2.75) is 38.7 Å². The number of carboxylic acid groups (broad SMARTS) is 2. The predicted octanol–water partition coefficient (Wildman–Crippen LogP) is 0.191. The average Bonchev–Trinajstić information content (AvgIpc) is 2.31. The highest BCUT2D eigenvalue weighted by Crippen LogP contribution is 2.02. The number of ether oxygens (including phenoxy) is 2. The molecule has 0 radical (unpaired) electrons. The first kappa shape index (κ1) is 16.9. The Morgan fingerprint density at radius 2 is 1.63 bits per heavy atom. The molecule has 0 aromatic heterocycles. The molecule has 8 nitrogen and oxygen atoms in total. The van der Waals surface area contributed by atoms with Gasteiger partial charge in [-0.25, -0.2) is 9.59 Å². The van der Waals surface area contributed by atoms with Gasteiger partial charge in [-0.2, -0.15) is 0 Å². The first-order valence-electron chi connectivity index (χ1n) is 5.64. The fourth-order valence-corrected chi connectivity index (χ4v) is 1.10. The number of esters is 2. The highest BCUT2D eigenvalue weighted by molar-refractivity contribution is 6.28. The summed E-state index contributed by atoms with van der Waals surface area (Å²) in [7, 11) is 0. The van der Waals surface area contributed by atoms with E-state index in [1.807, 2.05) is 0 Å². The molecule has 0 aliphatic rings. The molecule has 0 heterocycles. The third kappa shape index (κ3) is 9.57. The topological polar surface area (TPSA) is 127 Å². The minimum atomic E-state index is -1.72. The van der Waals surface area contributed by atoms with Crippen molar-refractivity contribution in [3.05, 3.63) is 0 Å². The summed E-state index contributed by atoms with van der Waals surface area (Å²) in [6.45, 7) is 1.15. The number of unbranched alkanes of at least 4 members (excludes halogenated alkanes) is 1. The number of carboxylic acids is 2. The molecule has 0 saturated carbocycles. The van der Waals surface area contributed by atoms with Crippen molar-refractivity contribution in [1.82, 2.24) is 0 Å². The lowest BCUT2D eigenvalue weighted by Crippen LogP contribution is -2.26. The second kappa shape index (κ2) is 8.90. The van der Waals surface area contributed by atoms with Gasteiger partial charge < -0.3 is 19.7 Å². The van der Waals surface area contributed by atoms with Crippen LogP contribution in [0.2, 0.25) is 0 Å². The minimum Gasteiger partial charge on any atom is -0.481 e. The van der Waals surface area contributed by atoms with E-state index in [2.05, 4.69) is 4.74 Å². The average molecular weight is 276 g/mol. The summed E-state index contributed by atoms with van der Waals surface area (Å²) in [5.41, 5.74) is 0. The Labute approximate surface area is 109 Å². The van der Waals surface area contributed by atoms with Gasteiger partial charge in [-0.05, 0) is 19.8 Å². The molecule has 0 aliphatic carbocycles. The van der Waals surface area contributed by atoms with Gasteiger partial charge in [0, 0.05) is 12.8 Å².